The molecule has 1 aliphatic heterocycles. The van der Waals surface area contributed by atoms with E-state index in [0.29, 0.717) is 12.6 Å². The van der Waals surface area contributed by atoms with Gasteiger partial charge < -0.3 is 5.11 Å². The van der Waals surface area contributed by atoms with E-state index in [0.717, 1.165) is 24.9 Å². The molecule has 0 unspecified atom stereocenters. The van der Waals surface area contributed by atoms with E-state index < -0.39 is 0 Å². The Labute approximate surface area is 110 Å². The number of nitrogens with zero attached hydrogens (tertiary/aromatic N) is 1. The summed E-state index contributed by atoms with van der Waals surface area (Å²) in [6.07, 6.45) is 6.44. The first kappa shape index (κ1) is 12.2. The summed E-state index contributed by atoms with van der Waals surface area (Å²) in [7, 11) is 0. The summed E-state index contributed by atoms with van der Waals surface area (Å²) in [5.74, 6) is 0.859. The molecule has 0 radical (unpaired) electrons. The van der Waals surface area contributed by atoms with Crippen molar-refractivity contribution < 1.29 is 5.11 Å². The zero-order valence-corrected chi connectivity index (χ0v) is 11.0. The normalized spacial score (nSPS) is 31.7. The fourth-order valence-corrected chi connectivity index (χ4v) is 3.92. The minimum Gasteiger partial charge on any atom is -0.395 e. The Morgan fingerprint density at radius 3 is 2.78 bits per heavy atom. The van der Waals surface area contributed by atoms with E-state index >= 15 is 0 Å². The van der Waals surface area contributed by atoms with E-state index in [-0.39, 0.29) is 0 Å². The van der Waals surface area contributed by atoms with E-state index in [9.17, 15) is 5.11 Å². The van der Waals surface area contributed by atoms with Gasteiger partial charge in [-0.25, -0.2) is 0 Å². The van der Waals surface area contributed by atoms with Crippen molar-refractivity contribution >= 4 is 0 Å². The minimum atomic E-state index is 0.335. The lowest BCUT2D eigenvalue weighted by Crippen LogP contribution is -2.39. The van der Waals surface area contributed by atoms with Crippen LogP contribution in [0.15, 0.2) is 30.3 Å². The summed E-state index contributed by atoms with van der Waals surface area (Å²) in [5, 5.41) is 9.55. The van der Waals surface area contributed by atoms with Crippen molar-refractivity contribution in [1.29, 1.82) is 0 Å². The Morgan fingerprint density at radius 2 is 2.00 bits per heavy atom. The van der Waals surface area contributed by atoms with Crippen molar-refractivity contribution in [2.24, 2.45) is 5.92 Å². The van der Waals surface area contributed by atoms with Gasteiger partial charge in [0.05, 0.1) is 6.61 Å². The van der Waals surface area contributed by atoms with Gasteiger partial charge in [-0.1, -0.05) is 36.8 Å². The first-order valence-corrected chi connectivity index (χ1v) is 7.29. The van der Waals surface area contributed by atoms with Gasteiger partial charge in [-0.05, 0) is 37.2 Å². The first-order chi connectivity index (χ1) is 8.88. The van der Waals surface area contributed by atoms with Crippen LogP contribution in [-0.2, 0) is 6.42 Å². The third-order valence-electron chi connectivity index (χ3n) is 4.80. The van der Waals surface area contributed by atoms with Crippen molar-refractivity contribution in [3.05, 3.63) is 35.9 Å². The summed E-state index contributed by atoms with van der Waals surface area (Å²) in [6, 6.07) is 11.9. The van der Waals surface area contributed by atoms with E-state index in [4.69, 9.17) is 0 Å². The predicted molar refractivity (Wildman–Crippen MR) is 73.5 cm³/mol. The van der Waals surface area contributed by atoms with Crippen LogP contribution in [0.1, 0.15) is 31.2 Å². The number of aliphatic hydroxyl groups excluding tert-OH is 1. The Hall–Kier alpha value is -0.860. The third-order valence-corrected chi connectivity index (χ3v) is 4.80. The smallest absolute Gasteiger partial charge is 0.0587 e. The maximum atomic E-state index is 9.55. The van der Waals surface area contributed by atoms with Gasteiger partial charge in [0.2, 0.25) is 0 Å². The van der Waals surface area contributed by atoms with Crippen molar-refractivity contribution in [3.8, 4) is 0 Å². The molecule has 2 aliphatic rings. The molecule has 1 saturated carbocycles. The second-order valence-corrected chi connectivity index (χ2v) is 5.80. The Morgan fingerprint density at radius 1 is 1.17 bits per heavy atom. The van der Waals surface area contributed by atoms with Gasteiger partial charge in [0.25, 0.3) is 0 Å². The summed E-state index contributed by atoms with van der Waals surface area (Å²) >= 11 is 0. The van der Waals surface area contributed by atoms with Gasteiger partial charge in [0.15, 0.2) is 0 Å². The maximum absolute atomic E-state index is 9.55. The SMILES string of the molecule is OC[C@H]1C[C@H]2CCC[C@H]2N1CCc1ccccc1. The average molecular weight is 245 g/mol. The number of benzene rings is 1. The molecule has 1 aromatic carbocycles. The standard InChI is InChI=1S/C16H23NO/c18-12-15-11-14-7-4-8-16(14)17(15)10-9-13-5-2-1-3-6-13/h1-3,5-6,14-16,18H,4,7-12H2/t14-,15-,16-/m1/s1. The molecular weight excluding hydrogens is 222 g/mol. The molecule has 1 aliphatic carbocycles. The molecule has 0 spiro atoms. The van der Waals surface area contributed by atoms with Gasteiger partial charge in [-0.2, -0.15) is 0 Å². The van der Waals surface area contributed by atoms with Crippen LogP contribution in [0, 0.1) is 5.92 Å². The van der Waals surface area contributed by atoms with Crippen LogP contribution in [0.4, 0.5) is 0 Å². The molecule has 18 heavy (non-hydrogen) atoms. The van der Waals surface area contributed by atoms with Crippen molar-refractivity contribution in [2.45, 2.75) is 44.2 Å². The highest BCUT2D eigenvalue weighted by Crippen LogP contribution is 2.40. The van der Waals surface area contributed by atoms with Gasteiger partial charge in [-0.15, -0.1) is 0 Å². The Balaban J connectivity index is 1.63. The fourth-order valence-electron chi connectivity index (χ4n) is 3.92. The first-order valence-electron chi connectivity index (χ1n) is 7.29. The number of hydrogen-bond donors (Lipinski definition) is 1. The topological polar surface area (TPSA) is 23.5 Å². The molecule has 3 atom stereocenters. The largest absolute Gasteiger partial charge is 0.395 e. The molecule has 0 aromatic heterocycles. The monoisotopic (exact) mass is 245 g/mol. The second kappa shape index (κ2) is 5.41. The Kier molecular flexibility index (Phi) is 3.67. The molecule has 0 bridgehead atoms. The second-order valence-electron chi connectivity index (χ2n) is 5.80. The van der Waals surface area contributed by atoms with Gasteiger partial charge in [-0.3, -0.25) is 4.90 Å². The van der Waals surface area contributed by atoms with E-state index in [2.05, 4.69) is 35.2 Å². The quantitative estimate of drug-likeness (QED) is 0.881. The molecule has 2 nitrogen and oxygen atoms in total. The van der Waals surface area contributed by atoms with Crippen LogP contribution in [0.3, 0.4) is 0 Å². The van der Waals surface area contributed by atoms with Crippen LogP contribution in [0.2, 0.25) is 0 Å². The van der Waals surface area contributed by atoms with Crippen LogP contribution in [0.25, 0.3) is 0 Å². The van der Waals surface area contributed by atoms with Crippen LogP contribution >= 0.6 is 0 Å². The van der Waals surface area contributed by atoms with Gasteiger partial charge in [0, 0.05) is 18.6 Å². The van der Waals surface area contributed by atoms with Crippen LogP contribution in [0.5, 0.6) is 0 Å². The minimum absolute atomic E-state index is 0.335. The number of likely N-dealkylation sites (tertiary alicyclic amines) is 1. The molecular formula is C16H23NO. The molecule has 3 rings (SSSR count). The molecule has 0 amide bonds. The zero-order valence-electron chi connectivity index (χ0n) is 11.0. The molecule has 1 aromatic rings. The lowest BCUT2D eigenvalue weighted by Gasteiger charge is -2.28. The fraction of sp³-hybridized carbons (Fsp3) is 0.625. The van der Waals surface area contributed by atoms with E-state index in [1.807, 2.05) is 0 Å². The molecule has 2 heteroatoms. The average Bonchev–Trinajstić information content (AvgIpc) is 2.98. The number of fused-ring (bicyclic) bond motifs is 1. The van der Waals surface area contributed by atoms with Gasteiger partial charge in [0.1, 0.15) is 0 Å². The summed E-state index contributed by atoms with van der Waals surface area (Å²) in [5.41, 5.74) is 1.41. The van der Waals surface area contributed by atoms with Crippen molar-refractivity contribution in [3.63, 3.8) is 0 Å². The molecule has 2 fully saturated rings. The van der Waals surface area contributed by atoms with Gasteiger partial charge >= 0.3 is 0 Å². The summed E-state index contributed by atoms with van der Waals surface area (Å²) in [6.45, 7) is 1.44. The number of rotatable bonds is 4. The predicted octanol–water partition coefficient (Wildman–Crippen LogP) is 2.46. The van der Waals surface area contributed by atoms with E-state index in [1.54, 1.807) is 0 Å². The molecule has 1 N–H and O–H groups in total. The highest BCUT2D eigenvalue weighted by atomic mass is 16.3. The maximum Gasteiger partial charge on any atom is 0.0587 e. The lowest BCUT2D eigenvalue weighted by molar-refractivity contribution is 0.128. The van der Waals surface area contributed by atoms with Crippen LogP contribution < -0.4 is 0 Å². The summed E-state index contributed by atoms with van der Waals surface area (Å²) < 4.78 is 0. The molecule has 1 heterocycles. The third kappa shape index (κ3) is 2.32. The number of aliphatic hydroxyl groups is 1. The highest BCUT2D eigenvalue weighted by Gasteiger charge is 2.42. The van der Waals surface area contributed by atoms with Crippen molar-refractivity contribution in [1.82, 2.24) is 4.90 Å². The summed E-state index contributed by atoms with van der Waals surface area (Å²) in [4.78, 5) is 2.59. The highest BCUT2D eigenvalue weighted by molar-refractivity contribution is 5.15. The lowest BCUT2D eigenvalue weighted by atomic mass is 10.0. The Bertz CT molecular complexity index is 378. The van der Waals surface area contributed by atoms with Crippen molar-refractivity contribution in [2.75, 3.05) is 13.2 Å². The molecule has 1 saturated heterocycles. The van der Waals surface area contributed by atoms with E-state index in [1.165, 1.54) is 31.2 Å². The van der Waals surface area contributed by atoms with Crippen LogP contribution in [-0.4, -0.2) is 35.2 Å². The number of hydrogen-bond acceptors (Lipinski definition) is 2. The molecule has 98 valence electrons. The zero-order chi connectivity index (χ0) is 12.4.